The van der Waals surface area contributed by atoms with Crippen molar-refractivity contribution in [1.82, 2.24) is 30.0 Å². The van der Waals surface area contributed by atoms with Crippen molar-refractivity contribution in [2.45, 2.75) is 19.4 Å². The molecule has 11 heteroatoms. The SMILES string of the molecule is CN(C(=O)c1cc2cc(Nc3cc4n(n3)CC(=O)NCC4)ncc2c(N)n1)C1=CC=CC(=O)C1. The Morgan fingerprint density at radius 3 is 2.91 bits per heavy atom. The first-order valence-electron chi connectivity index (χ1n) is 10.7. The van der Waals surface area contributed by atoms with Gasteiger partial charge in [0, 0.05) is 49.1 Å². The molecule has 3 aromatic heterocycles. The molecule has 0 unspecified atom stereocenters. The van der Waals surface area contributed by atoms with Gasteiger partial charge in [0.1, 0.15) is 23.9 Å². The van der Waals surface area contributed by atoms with Crippen LogP contribution in [0.5, 0.6) is 0 Å². The van der Waals surface area contributed by atoms with Crippen LogP contribution in [0.2, 0.25) is 0 Å². The zero-order valence-corrected chi connectivity index (χ0v) is 18.4. The maximum Gasteiger partial charge on any atom is 0.276 e. The number of ketones is 1. The molecular weight excluding hydrogens is 436 g/mol. The third kappa shape index (κ3) is 4.10. The number of rotatable bonds is 4. The molecule has 0 aromatic carbocycles. The van der Waals surface area contributed by atoms with E-state index in [9.17, 15) is 14.4 Å². The Labute approximate surface area is 194 Å². The van der Waals surface area contributed by atoms with Crippen molar-refractivity contribution in [3.8, 4) is 0 Å². The summed E-state index contributed by atoms with van der Waals surface area (Å²) in [6, 6.07) is 5.28. The Bertz CT molecular complexity index is 1400. The Balaban J connectivity index is 1.42. The predicted octanol–water partition coefficient (Wildman–Crippen LogP) is 1.31. The molecule has 1 aliphatic carbocycles. The third-order valence-corrected chi connectivity index (χ3v) is 5.74. The highest BCUT2D eigenvalue weighted by Crippen LogP contribution is 2.25. The molecule has 5 rings (SSSR count). The summed E-state index contributed by atoms with van der Waals surface area (Å²) >= 11 is 0. The van der Waals surface area contributed by atoms with E-state index in [1.165, 1.54) is 11.0 Å². The molecule has 0 radical (unpaired) electrons. The number of hydrogen-bond donors (Lipinski definition) is 3. The Kier molecular flexibility index (Phi) is 5.28. The van der Waals surface area contributed by atoms with E-state index >= 15 is 0 Å². The highest BCUT2D eigenvalue weighted by Gasteiger charge is 2.21. The summed E-state index contributed by atoms with van der Waals surface area (Å²) < 4.78 is 1.67. The number of nitrogen functional groups attached to an aromatic ring is 1. The molecule has 4 heterocycles. The van der Waals surface area contributed by atoms with Crippen LogP contribution < -0.4 is 16.4 Å². The summed E-state index contributed by atoms with van der Waals surface area (Å²) in [5, 5.41) is 11.7. The standard InChI is InChI=1S/C23H22N8O3/c1-30(14-3-2-4-16(32)9-14)23(34)18-7-13-8-19(26-11-17(13)22(24)27-18)28-20-10-15-5-6-25-21(33)12-31(15)29-20/h2-4,7-8,10-11H,5-6,9,12H2,1H3,(H2,24,27)(H,25,33)(H,26,28,29). The number of pyridine rings is 2. The van der Waals surface area contributed by atoms with Gasteiger partial charge >= 0.3 is 0 Å². The van der Waals surface area contributed by atoms with Gasteiger partial charge in [0.25, 0.3) is 5.91 Å². The van der Waals surface area contributed by atoms with Crippen LogP contribution in [0.3, 0.4) is 0 Å². The second-order valence-electron chi connectivity index (χ2n) is 8.11. The lowest BCUT2D eigenvalue weighted by molar-refractivity contribution is -0.121. The lowest BCUT2D eigenvalue weighted by Crippen LogP contribution is -2.28. The second-order valence-corrected chi connectivity index (χ2v) is 8.11. The molecule has 2 aliphatic rings. The minimum atomic E-state index is -0.370. The van der Waals surface area contributed by atoms with Crippen LogP contribution in [0, 0.1) is 0 Å². The number of nitrogens with one attached hydrogen (secondary N) is 2. The van der Waals surface area contributed by atoms with Gasteiger partial charge in [-0.3, -0.25) is 19.1 Å². The van der Waals surface area contributed by atoms with Crippen LogP contribution in [0.1, 0.15) is 22.6 Å². The summed E-state index contributed by atoms with van der Waals surface area (Å²) in [5.41, 5.74) is 7.80. The minimum Gasteiger partial charge on any atom is -0.383 e. The quantitative estimate of drug-likeness (QED) is 0.530. The molecule has 0 saturated heterocycles. The van der Waals surface area contributed by atoms with Gasteiger partial charge in [0.2, 0.25) is 5.91 Å². The van der Waals surface area contributed by atoms with Gasteiger partial charge in [0.15, 0.2) is 11.6 Å². The fourth-order valence-corrected chi connectivity index (χ4v) is 3.96. The molecule has 3 aromatic rings. The lowest BCUT2D eigenvalue weighted by atomic mass is 10.1. The summed E-state index contributed by atoms with van der Waals surface area (Å²) in [6.07, 6.45) is 7.24. The highest BCUT2D eigenvalue weighted by atomic mass is 16.2. The van der Waals surface area contributed by atoms with Crippen LogP contribution >= 0.6 is 0 Å². The van der Waals surface area contributed by atoms with Gasteiger partial charge < -0.3 is 21.3 Å². The van der Waals surface area contributed by atoms with Gasteiger partial charge in [-0.25, -0.2) is 9.97 Å². The number of amides is 2. The van der Waals surface area contributed by atoms with Gasteiger partial charge in [-0.1, -0.05) is 6.08 Å². The molecule has 1 aliphatic heterocycles. The van der Waals surface area contributed by atoms with E-state index in [1.807, 2.05) is 6.07 Å². The molecule has 0 atom stereocenters. The number of carbonyl (C=O) groups is 3. The Morgan fingerprint density at radius 2 is 2.09 bits per heavy atom. The number of aromatic nitrogens is 4. The molecule has 0 spiro atoms. The number of fused-ring (bicyclic) bond motifs is 2. The minimum absolute atomic E-state index is 0.0675. The lowest BCUT2D eigenvalue weighted by Gasteiger charge is -2.21. The zero-order chi connectivity index (χ0) is 23.8. The van der Waals surface area contributed by atoms with E-state index in [2.05, 4.69) is 25.7 Å². The van der Waals surface area contributed by atoms with Crippen LogP contribution in [0.15, 0.2) is 48.3 Å². The third-order valence-electron chi connectivity index (χ3n) is 5.74. The molecule has 2 amide bonds. The van der Waals surface area contributed by atoms with E-state index in [-0.39, 0.29) is 42.1 Å². The molecule has 4 N–H and O–H groups in total. The molecule has 34 heavy (non-hydrogen) atoms. The van der Waals surface area contributed by atoms with Crippen LogP contribution in [-0.4, -0.2) is 55.8 Å². The number of anilines is 3. The van der Waals surface area contributed by atoms with Gasteiger partial charge in [-0.05, 0) is 29.7 Å². The number of allylic oxidation sites excluding steroid dienone is 4. The van der Waals surface area contributed by atoms with Gasteiger partial charge in [-0.15, -0.1) is 0 Å². The van der Waals surface area contributed by atoms with Crippen molar-refractivity contribution in [2.24, 2.45) is 0 Å². The van der Waals surface area contributed by atoms with E-state index in [0.717, 1.165) is 5.69 Å². The van der Waals surface area contributed by atoms with E-state index < -0.39 is 0 Å². The first-order valence-corrected chi connectivity index (χ1v) is 10.7. The molecule has 0 bridgehead atoms. The molecule has 0 fully saturated rings. The number of nitrogens with two attached hydrogens (primary N) is 1. The van der Waals surface area contributed by atoms with Crippen molar-refractivity contribution in [1.29, 1.82) is 0 Å². The summed E-state index contributed by atoms with van der Waals surface area (Å²) in [7, 11) is 1.60. The highest BCUT2D eigenvalue weighted by molar-refractivity contribution is 6.01. The monoisotopic (exact) mass is 458 g/mol. The van der Waals surface area contributed by atoms with E-state index in [4.69, 9.17) is 5.73 Å². The first kappa shape index (κ1) is 21.3. The van der Waals surface area contributed by atoms with Crippen molar-refractivity contribution in [2.75, 3.05) is 24.6 Å². The maximum atomic E-state index is 13.0. The zero-order valence-electron chi connectivity index (χ0n) is 18.4. The van der Waals surface area contributed by atoms with E-state index in [0.29, 0.717) is 41.1 Å². The average molecular weight is 458 g/mol. The van der Waals surface area contributed by atoms with Crippen molar-refractivity contribution in [3.63, 3.8) is 0 Å². The summed E-state index contributed by atoms with van der Waals surface area (Å²) in [6.45, 7) is 0.734. The van der Waals surface area contributed by atoms with Crippen molar-refractivity contribution < 1.29 is 14.4 Å². The molecule has 172 valence electrons. The summed E-state index contributed by atoms with van der Waals surface area (Å²) in [4.78, 5) is 46.6. The van der Waals surface area contributed by atoms with E-state index in [1.54, 1.807) is 42.2 Å². The van der Waals surface area contributed by atoms with Gasteiger partial charge in [-0.2, -0.15) is 5.10 Å². The second kappa shape index (κ2) is 8.43. The number of hydrogen-bond acceptors (Lipinski definition) is 8. The Morgan fingerprint density at radius 1 is 1.24 bits per heavy atom. The molecular formula is C23H22N8O3. The smallest absolute Gasteiger partial charge is 0.276 e. The Hall–Kier alpha value is -4.54. The topological polar surface area (TPSA) is 148 Å². The normalized spacial score (nSPS) is 15.4. The number of carbonyl (C=O) groups excluding carboxylic acids is 3. The fraction of sp³-hybridized carbons (Fsp3) is 0.217. The van der Waals surface area contributed by atoms with Crippen LogP contribution in [0.25, 0.3) is 10.8 Å². The average Bonchev–Trinajstić information content (AvgIpc) is 3.09. The van der Waals surface area contributed by atoms with Crippen molar-refractivity contribution in [3.05, 3.63) is 59.7 Å². The largest absolute Gasteiger partial charge is 0.383 e. The summed E-state index contributed by atoms with van der Waals surface area (Å²) in [5.74, 6) is 0.741. The van der Waals surface area contributed by atoms with Crippen molar-refractivity contribution >= 4 is 45.8 Å². The van der Waals surface area contributed by atoms with Gasteiger partial charge in [0.05, 0.1) is 6.42 Å². The number of nitrogens with zero attached hydrogens (tertiary/aromatic N) is 5. The fourth-order valence-electron chi connectivity index (χ4n) is 3.96. The molecule has 11 nitrogen and oxygen atoms in total. The first-order chi connectivity index (χ1) is 16.4. The predicted molar refractivity (Wildman–Crippen MR) is 125 cm³/mol. The van der Waals surface area contributed by atoms with Crippen LogP contribution in [0.4, 0.5) is 17.5 Å². The maximum absolute atomic E-state index is 13.0. The van der Waals surface area contributed by atoms with Crippen LogP contribution in [-0.2, 0) is 22.6 Å². The molecule has 0 saturated carbocycles.